The van der Waals surface area contributed by atoms with E-state index in [1.54, 1.807) is 0 Å². The minimum absolute atomic E-state index is 1.03. The van der Waals surface area contributed by atoms with E-state index in [0.717, 1.165) is 5.92 Å². The summed E-state index contributed by atoms with van der Waals surface area (Å²) in [7, 11) is 0. The van der Waals surface area contributed by atoms with Crippen LogP contribution in [0.2, 0.25) is 0 Å². The average molecular weight is 255 g/mol. The Kier molecular flexibility index (Phi) is 15.1. The van der Waals surface area contributed by atoms with Gasteiger partial charge < -0.3 is 0 Å². The predicted octanol–water partition coefficient (Wildman–Crippen LogP) is 7.12. The van der Waals surface area contributed by atoms with E-state index in [2.05, 4.69) is 20.8 Å². The second-order valence-corrected chi connectivity index (χ2v) is 6.06. The molecule has 0 aliphatic carbocycles. The van der Waals surface area contributed by atoms with Crippen molar-refractivity contribution in [3.05, 3.63) is 0 Å². The molecular weight excluding hydrogens is 216 g/mol. The summed E-state index contributed by atoms with van der Waals surface area (Å²) in [4.78, 5) is 0. The normalized spacial score (nSPS) is 11.3. The maximum absolute atomic E-state index is 2.33. The third-order valence-corrected chi connectivity index (χ3v) is 4.11. The summed E-state index contributed by atoms with van der Waals surface area (Å²) < 4.78 is 0. The fourth-order valence-corrected chi connectivity index (χ4v) is 2.99. The SMILES string of the molecule is CCCCCCCCCCCC(CCC)CCC. The largest absolute Gasteiger partial charge is 0.0654 e. The van der Waals surface area contributed by atoms with Gasteiger partial charge in [0.1, 0.15) is 0 Å². The molecule has 0 spiro atoms. The quantitative estimate of drug-likeness (QED) is 0.289. The minimum atomic E-state index is 1.03. The maximum atomic E-state index is 2.33. The van der Waals surface area contributed by atoms with Gasteiger partial charge in [-0.3, -0.25) is 0 Å². The molecule has 0 aromatic carbocycles. The van der Waals surface area contributed by atoms with Crippen molar-refractivity contribution in [3.63, 3.8) is 0 Å². The van der Waals surface area contributed by atoms with Gasteiger partial charge in [0.25, 0.3) is 0 Å². The molecule has 0 bridgehead atoms. The molecule has 0 atom stereocenters. The van der Waals surface area contributed by atoms with E-state index in [0.29, 0.717) is 0 Å². The molecule has 18 heavy (non-hydrogen) atoms. The van der Waals surface area contributed by atoms with Gasteiger partial charge in [0, 0.05) is 0 Å². The molecule has 110 valence electrons. The molecule has 0 rings (SSSR count). The first-order valence-corrected chi connectivity index (χ1v) is 8.85. The van der Waals surface area contributed by atoms with Crippen molar-refractivity contribution in [2.45, 2.75) is 111 Å². The van der Waals surface area contributed by atoms with Gasteiger partial charge in [-0.2, -0.15) is 0 Å². The van der Waals surface area contributed by atoms with Crippen LogP contribution in [0.4, 0.5) is 0 Å². The van der Waals surface area contributed by atoms with Crippen molar-refractivity contribution in [2.24, 2.45) is 5.92 Å². The smallest absolute Gasteiger partial charge is 0.0414 e. The van der Waals surface area contributed by atoms with E-state index in [4.69, 9.17) is 0 Å². The average Bonchev–Trinajstić information content (AvgIpc) is 2.37. The molecular formula is C18H38. The molecule has 0 heterocycles. The first-order valence-electron chi connectivity index (χ1n) is 8.85. The van der Waals surface area contributed by atoms with Gasteiger partial charge in [-0.15, -0.1) is 0 Å². The maximum Gasteiger partial charge on any atom is -0.0414 e. The Morgan fingerprint density at radius 2 is 0.889 bits per heavy atom. The summed E-state index contributed by atoms with van der Waals surface area (Å²) in [6.07, 6.45) is 20.3. The third kappa shape index (κ3) is 12.5. The molecule has 0 saturated heterocycles. The topological polar surface area (TPSA) is 0 Å². The van der Waals surface area contributed by atoms with Crippen LogP contribution in [0.25, 0.3) is 0 Å². The van der Waals surface area contributed by atoms with Crippen molar-refractivity contribution in [2.75, 3.05) is 0 Å². The van der Waals surface area contributed by atoms with Gasteiger partial charge >= 0.3 is 0 Å². The highest BCUT2D eigenvalue weighted by atomic mass is 14.1. The number of unbranched alkanes of at least 4 members (excludes halogenated alkanes) is 8. The summed E-state index contributed by atoms with van der Waals surface area (Å²) in [5, 5.41) is 0. The van der Waals surface area contributed by atoms with Crippen molar-refractivity contribution < 1.29 is 0 Å². The highest BCUT2D eigenvalue weighted by Gasteiger charge is 2.05. The zero-order valence-corrected chi connectivity index (χ0v) is 13.5. The molecule has 0 unspecified atom stereocenters. The highest BCUT2D eigenvalue weighted by molar-refractivity contribution is 4.59. The number of hydrogen-bond donors (Lipinski definition) is 0. The second-order valence-electron chi connectivity index (χ2n) is 6.06. The standard InChI is InChI=1S/C18H38/c1-4-7-8-9-10-11-12-13-14-17-18(15-5-2)16-6-3/h18H,4-17H2,1-3H3. The molecule has 0 aromatic heterocycles. The van der Waals surface area contributed by atoms with Crippen molar-refractivity contribution >= 4 is 0 Å². The van der Waals surface area contributed by atoms with Crippen LogP contribution in [0, 0.1) is 5.92 Å². The Morgan fingerprint density at radius 3 is 1.33 bits per heavy atom. The monoisotopic (exact) mass is 254 g/mol. The van der Waals surface area contributed by atoms with E-state index >= 15 is 0 Å². The third-order valence-electron chi connectivity index (χ3n) is 4.11. The lowest BCUT2D eigenvalue weighted by Crippen LogP contribution is -1.99. The highest BCUT2D eigenvalue weighted by Crippen LogP contribution is 2.21. The second kappa shape index (κ2) is 15.1. The summed E-state index contributed by atoms with van der Waals surface area (Å²) in [6, 6.07) is 0. The minimum Gasteiger partial charge on any atom is -0.0654 e. The number of hydrogen-bond acceptors (Lipinski definition) is 0. The molecule has 0 fully saturated rings. The Hall–Kier alpha value is 0. The van der Waals surface area contributed by atoms with Crippen LogP contribution in [0.3, 0.4) is 0 Å². The number of rotatable bonds is 14. The van der Waals surface area contributed by atoms with E-state index in [1.165, 1.54) is 89.9 Å². The van der Waals surface area contributed by atoms with E-state index in [1.807, 2.05) is 0 Å². The molecule has 0 saturated carbocycles. The van der Waals surface area contributed by atoms with E-state index in [-0.39, 0.29) is 0 Å². The lowest BCUT2D eigenvalue weighted by atomic mass is 9.92. The van der Waals surface area contributed by atoms with Gasteiger partial charge in [0.15, 0.2) is 0 Å². The van der Waals surface area contributed by atoms with Crippen LogP contribution in [-0.2, 0) is 0 Å². The zero-order chi connectivity index (χ0) is 13.5. The summed E-state index contributed by atoms with van der Waals surface area (Å²) in [5.74, 6) is 1.03. The first-order chi connectivity index (χ1) is 8.85. The fourth-order valence-electron chi connectivity index (χ4n) is 2.99. The van der Waals surface area contributed by atoms with Crippen LogP contribution < -0.4 is 0 Å². The summed E-state index contributed by atoms with van der Waals surface area (Å²) in [5.41, 5.74) is 0. The fraction of sp³-hybridized carbons (Fsp3) is 1.00. The molecule has 0 radical (unpaired) electrons. The van der Waals surface area contributed by atoms with Crippen LogP contribution in [0.1, 0.15) is 111 Å². The summed E-state index contributed by atoms with van der Waals surface area (Å²) in [6.45, 7) is 6.96. The molecule has 0 amide bonds. The summed E-state index contributed by atoms with van der Waals surface area (Å²) >= 11 is 0. The van der Waals surface area contributed by atoms with E-state index < -0.39 is 0 Å². The van der Waals surface area contributed by atoms with Crippen molar-refractivity contribution in [1.29, 1.82) is 0 Å². The van der Waals surface area contributed by atoms with Gasteiger partial charge in [-0.05, 0) is 5.92 Å². The molecule has 0 heteroatoms. The van der Waals surface area contributed by atoms with E-state index in [9.17, 15) is 0 Å². The lowest BCUT2D eigenvalue weighted by molar-refractivity contribution is 0.390. The Balaban J connectivity index is 3.21. The molecule has 0 aromatic rings. The van der Waals surface area contributed by atoms with Crippen LogP contribution in [-0.4, -0.2) is 0 Å². The van der Waals surface area contributed by atoms with Crippen LogP contribution >= 0.6 is 0 Å². The zero-order valence-electron chi connectivity index (χ0n) is 13.5. The Bertz CT molecular complexity index is 133. The molecule has 0 N–H and O–H groups in total. The Morgan fingerprint density at radius 1 is 0.444 bits per heavy atom. The van der Waals surface area contributed by atoms with Gasteiger partial charge in [0.05, 0.1) is 0 Å². The first kappa shape index (κ1) is 18.0. The predicted molar refractivity (Wildman–Crippen MR) is 85.2 cm³/mol. The van der Waals surface area contributed by atoms with Crippen molar-refractivity contribution in [3.8, 4) is 0 Å². The van der Waals surface area contributed by atoms with Crippen LogP contribution in [0.5, 0.6) is 0 Å². The van der Waals surface area contributed by atoms with Crippen molar-refractivity contribution in [1.82, 2.24) is 0 Å². The molecule has 0 aliphatic rings. The van der Waals surface area contributed by atoms with Crippen LogP contribution in [0.15, 0.2) is 0 Å². The van der Waals surface area contributed by atoms with Gasteiger partial charge in [-0.25, -0.2) is 0 Å². The van der Waals surface area contributed by atoms with Gasteiger partial charge in [-0.1, -0.05) is 111 Å². The molecule has 0 aliphatic heterocycles. The lowest BCUT2D eigenvalue weighted by Gasteiger charge is -2.14. The Labute approximate surface area is 117 Å². The van der Waals surface area contributed by atoms with Gasteiger partial charge in [0.2, 0.25) is 0 Å². The molecule has 0 nitrogen and oxygen atoms in total.